The molecule has 0 bridgehead atoms. The van der Waals surface area contributed by atoms with Gasteiger partial charge >= 0.3 is 0 Å². The molecular formula is C16H19N3O4. The third kappa shape index (κ3) is 2.65. The second-order valence-corrected chi connectivity index (χ2v) is 6.36. The Morgan fingerprint density at radius 2 is 2.22 bits per heavy atom. The number of ether oxygens (including phenoxy) is 1. The molecule has 0 radical (unpaired) electrons. The van der Waals surface area contributed by atoms with E-state index < -0.39 is 0 Å². The first-order valence-corrected chi connectivity index (χ1v) is 7.86. The molecule has 7 nitrogen and oxygen atoms in total. The second kappa shape index (κ2) is 5.49. The van der Waals surface area contributed by atoms with Crippen LogP contribution in [0, 0.1) is 25.7 Å². The minimum Gasteiger partial charge on any atom is -0.456 e. The summed E-state index contributed by atoms with van der Waals surface area (Å²) in [6.07, 6.45) is 0.785. The van der Waals surface area contributed by atoms with Crippen molar-refractivity contribution in [3.8, 4) is 0 Å². The number of likely N-dealkylation sites (tertiary alicyclic amines) is 1. The van der Waals surface area contributed by atoms with Gasteiger partial charge in [0.2, 0.25) is 5.89 Å². The molecule has 3 atom stereocenters. The molecule has 23 heavy (non-hydrogen) atoms. The molecule has 0 saturated carbocycles. The fourth-order valence-electron chi connectivity index (χ4n) is 3.53. The highest BCUT2D eigenvalue weighted by molar-refractivity contribution is 5.91. The van der Waals surface area contributed by atoms with Gasteiger partial charge in [-0.3, -0.25) is 4.79 Å². The van der Waals surface area contributed by atoms with Gasteiger partial charge in [0.25, 0.3) is 5.91 Å². The Kier molecular flexibility index (Phi) is 3.45. The van der Waals surface area contributed by atoms with Crippen molar-refractivity contribution in [2.75, 3.05) is 19.7 Å². The van der Waals surface area contributed by atoms with Crippen molar-refractivity contribution >= 4 is 5.91 Å². The number of hydrogen-bond donors (Lipinski definition) is 0. The highest BCUT2D eigenvalue weighted by Gasteiger charge is 2.46. The first-order chi connectivity index (χ1) is 11.1. The molecule has 2 aromatic rings. The summed E-state index contributed by atoms with van der Waals surface area (Å²) in [5.41, 5.74) is 0. The Labute approximate surface area is 133 Å². The number of amides is 1. The van der Waals surface area contributed by atoms with E-state index in [0.717, 1.165) is 5.76 Å². The van der Waals surface area contributed by atoms with Gasteiger partial charge in [0.1, 0.15) is 5.76 Å². The zero-order valence-electron chi connectivity index (χ0n) is 13.2. The third-order valence-electron chi connectivity index (χ3n) is 4.68. The highest BCUT2D eigenvalue weighted by atomic mass is 16.5. The molecule has 2 fully saturated rings. The third-order valence-corrected chi connectivity index (χ3v) is 4.68. The zero-order valence-corrected chi connectivity index (χ0v) is 13.2. The van der Waals surface area contributed by atoms with Crippen LogP contribution < -0.4 is 0 Å². The molecule has 0 N–H and O–H groups in total. The normalized spacial score (nSPS) is 26.7. The van der Waals surface area contributed by atoms with Crippen LogP contribution in [0.1, 0.15) is 28.0 Å². The summed E-state index contributed by atoms with van der Waals surface area (Å²) in [7, 11) is 0. The van der Waals surface area contributed by atoms with E-state index in [0.29, 0.717) is 55.4 Å². The molecule has 0 aromatic carbocycles. The second-order valence-electron chi connectivity index (χ2n) is 6.36. The molecule has 2 aliphatic heterocycles. The lowest BCUT2D eigenvalue weighted by Crippen LogP contribution is -2.31. The molecule has 0 spiro atoms. The van der Waals surface area contributed by atoms with Gasteiger partial charge in [0, 0.05) is 25.4 Å². The van der Waals surface area contributed by atoms with E-state index in [1.807, 2.05) is 18.7 Å². The van der Waals surface area contributed by atoms with Crippen molar-refractivity contribution in [1.29, 1.82) is 0 Å². The number of aromatic nitrogens is 2. The molecule has 4 rings (SSSR count). The van der Waals surface area contributed by atoms with Gasteiger partial charge in [-0.1, -0.05) is 5.16 Å². The largest absolute Gasteiger partial charge is 0.456 e. The van der Waals surface area contributed by atoms with Gasteiger partial charge in [-0.05, 0) is 31.9 Å². The minimum atomic E-state index is -0.0662. The van der Waals surface area contributed by atoms with Crippen molar-refractivity contribution in [1.82, 2.24) is 15.0 Å². The molecular weight excluding hydrogens is 298 g/mol. The summed E-state index contributed by atoms with van der Waals surface area (Å²) in [5.74, 6) is 2.97. The van der Waals surface area contributed by atoms with Crippen LogP contribution in [0.3, 0.4) is 0 Å². The maximum Gasteiger partial charge on any atom is 0.289 e. The number of furan rings is 1. The molecule has 2 aliphatic rings. The fraction of sp³-hybridized carbons (Fsp3) is 0.562. The molecule has 4 heterocycles. The van der Waals surface area contributed by atoms with E-state index in [4.69, 9.17) is 13.7 Å². The maximum atomic E-state index is 12.5. The fourth-order valence-corrected chi connectivity index (χ4v) is 3.53. The predicted octanol–water partition coefficient (Wildman–Crippen LogP) is 1.61. The van der Waals surface area contributed by atoms with E-state index in [2.05, 4.69) is 10.1 Å². The number of aryl methyl sites for hydroxylation is 2. The van der Waals surface area contributed by atoms with Crippen LogP contribution in [0.15, 0.2) is 21.1 Å². The van der Waals surface area contributed by atoms with E-state index in [9.17, 15) is 4.79 Å². The lowest BCUT2D eigenvalue weighted by atomic mass is 9.90. The minimum absolute atomic E-state index is 0.0662. The van der Waals surface area contributed by atoms with Gasteiger partial charge in [-0.2, -0.15) is 4.98 Å². The van der Waals surface area contributed by atoms with Crippen molar-refractivity contribution in [3.63, 3.8) is 0 Å². The summed E-state index contributed by atoms with van der Waals surface area (Å²) < 4.78 is 16.5. The van der Waals surface area contributed by atoms with Crippen LogP contribution in [-0.4, -0.2) is 46.7 Å². The van der Waals surface area contributed by atoms with Crippen LogP contribution in [0.4, 0.5) is 0 Å². The van der Waals surface area contributed by atoms with Crippen LogP contribution >= 0.6 is 0 Å². The van der Waals surface area contributed by atoms with Crippen molar-refractivity contribution in [2.24, 2.45) is 11.8 Å². The molecule has 122 valence electrons. The number of hydrogen-bond acceptors (Lipinski definition) is 6. The average molecular weight is 317 g/mol. The Morgan fingerprint density at radius 1 is 1.35 bits per heavy atom. The SMILES string of the molecule is Cc1noc(C[C@H]2CO[C@@H]3CN(C(=O)c4ccc(C)o4)C[C@H]23)n1. The number of nitrogens with zero attached hydrogens (tertiary/aromatic N) is 3. The van der Waals surface area contributed by atoms with Gasteiger partial charge in [0.05, 0.1) is 12.7 Å². The van der Waals surface area contributed by atoms with Crippen LogP contribution in [0.25, 0.3) is 0 Å². The van der Waals surface area contributed by atoms with Crippen molar-refractivity contribution < 1.29 is 18.5 Å². The smallest absolute Gasteiger partial charge is 0.289 e. The van der Waals surface area contributed by atoms with Crippen LogP contribution in [0.5, 0.6) is 0 Å². The average Bonchev–Trinajstić information content (AvgIpc) is 3.25. The van der Waals surface area contributed by atoms with Crippen LogP contribution in [0.2, 0.25) is 0 Å². The van der Waals surface area contributed by atoms with Gasteiger partial charge < -0.3 is 18.6 Å². The van der Waals surface area contributed by atoms with E-state index in [1.165, 1.54) is 0 Å². The summed E-state index contributed by atoms with van der Waals surface area (Å²) >= 11 is 0. The predicted molar refractivity (Wildman–Crippen MR) is 78.8 cm³/mol. The number of rotatable bonds is 3. The van der Waals surface area contributed by atoms with Crippen molar-refractivity contribution in [2.45, 2.75) is 26.4 Å². The standard InChI is InChI=1S/C16H19N3O4/c1-9-3-4-13(22-9)16(20)19-6-12-11(8-21-14(12)7-19)5-15-17-10(2)18-23-15/h3-4,11-12,14H,5-8H2,1-2H3/t11-,12+,14+/m0/s1. The first kappa shape index (κ1) is 14.4. The summed E-state index contributed by atoms with van der Waals surface area (Å²) in [4.78, 5) is 18.6. The summed E-state index contributed by atoms with van der Waals surface area (Å²) in [5, 5.41) is 3.83. The molecule has 2 saturated heterocycles. The van der Waals surface area contributed by atoms with E-state index in [-0.39, 0.29) is 12.0 Å². The molecule has 1 amide bonds. The monoisotopic (exact) mass is 317 g/mol. The van der Waals surface area contributed by atoms with Gasteiger partial charge in [-0.25, -0.2) is 0 Å². The Bertz CT molecular complexity index is 722. The van der Waals surface area contributed by atoms with Gasteiger partial charge in [0.15, 0.2) is 11.6 Å². The van der Waals surface area contributed by atoms with Gasteiger partial charge in [-0.15, -0.1) is 0 Å². The zero-order chi connectivity index (χ0) is 16.0. The number of carbonyl (C=O) groups excluding carboxylic acids is 1. The van der Waals surface area contributed by atoms with Crippen LogP contribution in [-0.2, 0) is 11.2 Å². The first-order valence-electron chi connectivity index (χ1n) is 7.86. The molecule has 0 aliphatic carbocycles. The Morgan fingerprint density at radius 3 is 2.91 bits per heavy atom. The quantitative estimate of drug-likeness (QED) is 0.855. The Hall–Kier alpha value is -2.15. The topological polar surface area (TPSA) is 81.6 Å². The van der Waals surface area contributed by atoms with E-state index >= 15 is 0 Å². The lowest BCUT2D eigenvalue weighted by Gasteiger charge is -2.18. The van der Waals surface area contributed by atoms with E-state index in [1.54, 1.807) is 12.1 Å². The highest BCUT2D eigenvalue weighted by Crippen LogP contribution is 2.36. The summed E-state index contributed by atoms with van der Waals surface area (Å²) in [6, 6.07) is 3.53. The molecule has 0 unspecified atom stereocenters. The summed E-state index contributed by atoms with van der Waals surface area (Å²) in [6.45, 7) is 5.62. The number of carbonyl (C=O) groups is 1. The Balaban J connectivity index is 1.43. The lowest BCUT2D eigenvalue weighted by molar-refractivity contribution is 0.0649. The molecule has 7 heteroatoms. The molecule has 2 aromatic heterocycles. The maximum absolute atomic E-state index is 12.5. The van der Waals surface area contributed by atoms with Crippen molar-refractivity contribution in [3.05, 3.63) is 35.4 Å². The number of fused-ring (bicyclic) bond motifs is 1.